The van der Waals surface area contributed by atoms with Gasteiger partial charge in [0.1, 0.15) is 6.04 Å². The molecule has 3 aromatic carbocycles. The van der Waals surface area contributed by atoms with Gasteiger partial charge in [-0.05, 0) is 72.4 Å². The molecule has 0 aliphatic carbocycles. The smallest absolute Gasteiger partial charge is 0.322 e. The van der Waals surface area contributed by atoms with Crippen LogP contribution in [-0.4, -0.2) is 31.4 Å². The molecule has 0 fully saturated rings. The molecule has 0 unspecified atom stereocenters. The van der Waals surface area contributed by atoms with Crippen LogP contribution < -0.4 is 10.0 Å². The van der Waals surface area contributed by atoms with Crippen molar-refractivity contribution < 1.29 is 23.1 Å². The maximum Gasteiger partial charge on any atom is 0.322 e. The van der Waals surface area contributed by atoms with Gasteiger partial charge < -0.3 is 10.4 Å². The summed E-state index contributed by atoms with van der Waals surface area (Å²) in [4.78, 5) is 23.9. The maximum absolute atomic E-state index is 12.6. The van der Waals surface area contributed by atoms with Crippen molar-refractivity contribution in [2.45, 2.75) is 38.6 Å². The number of nitrogens with one attached hydrogen (secondary N) is 2. The first-order chi connectivity index (χ1) is 17.0. The molecule has 3 N–H and O–H groups in total. The van der Waals surface area contributed by atoms with Crippen LogP contribution >= 0.6 is 0 Å². The molecule has 1 amide bonds. The predicted molar refractivity (Wildman–Crippen MR) is 142 cm³/mol. The summed E-state index contributed by atoms with van der Waals surface area (Å²) in [6, 6.07) is 20.0. The van der Waals surface area contributed by atoms with Gasteiger partial charge in [-0.3, -0.25) is 9.59 Å². The van der Waals surface area contributed by atoms with Gasteiger partial charge in [0.15, 0.2) is 0 Å². The number of carboxylic acids is 1. The molecule has 0 saturated heterocycles. The van der Waals surface area contributed by atoms with Crippen molar-refractivity contribution in [1.29, 1.82) is 0 Å². The van der Waals surface area contributed by atoms with Crippen molar-refractivity contribution in [2.75, 3.05) is 5.32 Å². The van der Waals surface area contributed by atoms with Crippen LogP contribution in [-0.2, 0) is 19.6 Å². The number of rotatable bonds is 9. The standard InChI is InChI=1S/C28H30N2O5S/c1-18(2)26(28(32)33)30-36(34,35)25-15-11-22(12-16-25)21-9-13-24(14-10-21)29-27(31)20(4)17-23-8-6-5-7-19(23)3/h5-18,26,30H,1-4H3,(H,29,31)(H,32,33)/b20-17+/t26-/m0/s1. The molecular weight excluding hydrogens is 476 g/mol. The molecule has 36 heavy (non-hydrogen) atoms. The first-order valence-corrected chi connectivity index (χ1v) is 13.0. The summed E-state index contributed by atoms with van der Waals surface area (Å²) >= 11 is 0. The van der Waals surface area contributed by atoms with Crippen LogP contribution in [0.5, 0.6) is 0 Å². The van der Waals surface area contributed by atoms with Gasteiger partial charge in [0, 0.05) is 11.3 Å². The molecule has 3 aromatic rings. The zero-order chi connectivity index (χ0) is 26.5. The summed E-state index contributed by atoms with van der Waals surface area (Å²) in [5, 5.41) is 12.2. The number of aryl methyl sites for hydroxylation is 1. The Labute approximate surface area is 211 Å². The van der Waals surface area contributed by atoms with Gasteiger partial charge >= 0.3 is 5.97 Å². The van der Waals surface area contributed by atoms with E-state index in [1.807, 2.05) is 49.4 Å². The molecule has 188 valence electrons. The number of carboxylic acid groups (broad SMARTS) is 1. The molecule has 0 aliphatic rings. The Balaban J connectivity index is 1.70. The highest BCUT2D eigenvalue weighted by Crippen LogP contribution is 2.24. The first-order valence-electron chi connectivity index (χ1n) is 11.5. The Morgan fingerprint density at radius 3 is 1.97 bits per heavy atom. The molecule has 0 spiro atoms. The average molecular weight is 507 g/mol. The lowest BCUT2D eigenvalue weighted by molar-refractivity contribution is -0.140. The van der Waals surface area contributed by atoms with Gasteiger partial charge in [-0.15, -0.1) is 0 Å². The molecular formula is C28H30N2O5S. The van der Waals surface area contributed by atoms with Crippen molar-refractivity contribution >= 4 is 33.7 Å². The van der Waals surface area contributed by atoms with Gasteiger partial charge in [-0.2, -0.15) is 4.72 Å². The fourth-order valence-corrected chi connectivity index (χ4v) is 4.89. The number of anilines is 1. The molecule has 0 bridgehead atoms. The number of hydrogen-bond acceptors (Lipinski definition) is 4. The van der Waals surface area contributed by atoms with Crippen molar-refractivity contribution in [3.05, 3.63) is 89.5 Å². The highest BCUT2D eigenvalue weighted by Gasteiger charge is 2.27. The van der Waals surface area contributed by atoms with Gasteiger partial charge in [-0.1, -0.05) is 62.4 Å². The summed E-state index contributed by atoms with van der Waals surface area (Å²) in [5.74, 6) is -1.83. The lowest BCUT2D eigenvalue weighted by Gasteiger charge is -2.18. The van der Waals surface area contributed by atoms with Gasteiger partial charge in [-0.25, -0.2) is 8.42 Å². The fourth-order valence-electron chi connectivity index (χ4n) is 3.56. The van der Waals surface area contributed by atoms with Crippen molar-refractivity contribution in [1.82, 2.24) is 4.72 Å². The van der Waals surface area contributed by atoms with Crippen LogP contribution in [0, 0.1) is 12.8 Å². The minimum Gasteiger partial charge on any atom is -0.480 e. The van der Waals surface area contributed by atoms with E-state index in [0.717, 1.165) is 22.3 Å². The molecule has 0 saturated carbocycles. The molecule has 0 aromatic heterocycles. The molecule has 0 aliphatic heterocycles. The topological polar surface area (TPSA) is 113 Å². The zero-order valence-electron chi connectivity index (χ0n) is 20.6. The lowest BCUT2D eigenvalue weighted by Crippen LogP contribution is -2.44. The maximum atomic E-state index is 12.6. The van der Waals surface area contributed by atoms with Crippen LogP contribution in [0.4, 0.5) is 5.69 Å². The summed E-state index contributed by atoms with van der Waals surface area (Å²) in [6.07, 6.45) is 1.85. The highest BCUT2D eigenvalue weighted by molar-refractivity contribution is 7.89. The second-order valence-corrected chi connectivity index (χ2v) is 10.6. The van der Waals surface area contributed by atoms with Crippen molar-refractivity contribution in [3.8, 4) is 11.1 Å². The molecule has 7 nitrogen and oxygen atoms in total. The van der Waals surface area contributed by atoms with Crippen molar-refractivity contribution in [2.24, 2.45) is 5.92 Å². The van der Waals surface area contributed by atoms with E-state index in [1.54, 1.807) is 45.0 Å². The molecule has 1 atom stereocenters. The first kappa shape index (κ1) is 26.8. The molecule has 0 radical (unpaired) electrons. The van der Waals surface area contributed by atoms with E-state index in [4.69, 9.17) is 0 Å². The second kappa shape index (κ2) is 11.3. The molecule has 8 heteroatoms. The Hall–Kier alpha value is -3.75. The van der Waals surface area contributed by atoms with Crippen LogP contribution in [0.15, 0.2) is 83.3 Å². The van der Waals surface area contributed by atoms with E-state index in [2.05, 4.69) is 10.0 Å². The van der Waals surface area contributed by atoms with E-state index >= 15 is 0 Å². The third-order valence-electron chi connectivity index (χ3n) is 5.77. The summed E-state index contributed by atoms with van der Waals surface area (Å²) in [5.41, 5.74) is 4.91. The normalized spacial score (nSPS) is 12.9. The second-order valence-electron chi connectivity index (χ2n) is 8.92. The zero-order valence-corrected chi connectivity index (χ0v) is 21.5. The quantitative estimate of drug-likeness (QED) is 0.350. The van der Waals surface area contributed by atoms with E-state index in [1.165, 1.54) is 12.1 Å². The van der Waals surface area contributed by atoms with E-state index < -0.39 is 28.0 Å². The Bertz CT molecular complexity index is 1380. The van der Waals surface area contributed by atoms with E-state index in [0.29, 0.717) is 11.3 Å². The number of amides is 1. The van der Waals surface area contributed by atoms with E-state index in [9.17, 15) is 23.1 Å². The average Bonchev–Trinajstić information content (AvgIpc) is 2.84. The summed E-state index contributed by atoms with van der Waals surface area (Å²) in [6.45, 7) is 7.03. The predicted octanol–water partition coefficient (Wildman–Crippen LogP) is 5.09. The van der Waals surface area contributed by atoms with Gasteiger partial charge in [0.05, 0.1) is 4.90 Å². The number of aliphatic carboxylic acids is 1. The van der Waals surface area contributed by atoms with Crippen LogP contribution in [0.3, 0.4) is 0 Å². The Morgan fingerprint density at radius 2 is 1.44 bits per heavy atom. The van der Waals surface area contributed by atoms with Crippen LogP contribution in [0.2, 0.25) is 0 Å². The largest absolute Gasteiger partial charge is 0.480 e. The van der Waals surface area contributed by atoms with Crippen LogP contribution in [0.1, 0.15) is 31.9 Å². The highest BCUT2D eigenvalue weighted by atomic mass is 32.2. The molecule has 0 heterocycles. The Kier molecular flexibility index (Phi) is 8.45. The number of carbonyl (C=O) groups is 2. The van der Waals surface area contributed by atoms with Crippen LogP contribution in [0.25, 0.3) is 17.2 Å². The number of hydrogen-bond donors (Lipinski definition) is 3. The van der Waals surface area contributed by atoms with Gasteiger partial charge in [0.2, 0.25) is 10.0 Å². The summed E-state index contributed by atoms with van der Waals surface area (Å²) in [7, 11) is -3.99. The lowest BCUT2D eigenvalue weighted by atomic mass is 10.0. The Morgan fingerprint density at radius 1 is 0.889 bits per heavy atom. The fraction of sp³-hybridized carbons (Fsp3) is 0.214. The number of benzene rings is 3. The minimum atomic E-state index is -3.99. The number of carbonyl (C=O) groups excluding carboxylic acids is 1. The monoisotopic (exact) mass is 506 g/mol. The van der Waals surface area contributed by atoms with E-state index in [-0.39, 0.29) is 10.8 Å². The molecule has 3 rings (SSSR count). The number of sulfonamides is 1. The third-order valence-corrected chi connectivity index (χ3v) is 7.23. The van der Waals surface area contributed by atoms with Gasteiger partial charge in [0.25, 0.3) is 5.91 Å². The SMILES string of the molecule is C/C(=C\c1ccccc1C)C(=O)Nc1ccc(-c2ccc(S(=O)(=O)N[C@H](C(=O)O)C(C)C)cc2)cc1. The summed E-state index contributed by atoms with van der Waals surface area (Å²) < 4.78 is 27.5. The third kappa shape index (κ3) is 6.68. The van der Waals surface area contributed by atoms with Crippen molar-refractivity contribution in [3.63, 3.8) is 0 Å². The minimum absolute atomic E-state index is 0.0158.